The zero-order chi connectivity index (χ0) is 29.5. The van der Waals surface area contributed by atoms with E-state index in [9.17, 15) is 19.2 Å². The summed E-state index contributed by atoms with van der Waals surface area (Å²) in [6.45, 7) is 7.01. The number of carbonyl (C=O) groups is 4. The van der Waals surface area contributed by atoms with Gasteiger partial charge in [0.1, 0.15) is 13.2 Å². The van der Waals surface area contributed by atoms with Gasteiger partial charge < -0.3 is 19.7 Å². The van der Waals surface area contributed by atoms with Crippen molar-refractivity contribution in [2.24, 2.45) is 0 Å². The minimum Gasteiger partial charge on any atom is -0.478 e. The maximum absolute atomic E-state index is 12.3. The predicted molar refractivity (Wildman–Crippen MR) is 159 cm³/mol. The number of aromatic carboxylic acids is 2. The van der Waals surface area contributed by atoms with Gasteiger partial charge in [0.05, 0.1) is 42.3 Å². The molecule has 0 aliphatic heterocycles. The van der Waals surface area contributed by atoms with Gasteiger partial charge in [0, 0.05) is 17.9 Å². The lowest BCUT2D eigenvalue weighted by molar-refractivity contribution is 0.0501. The van der Waals surface area contributed by atoms with Crippen LogP contribution in [0.2, 0.25) is 20.1 Å². The lowest BCUT2D eigenvalue weighted by Gasteiger charge is -2.15. The van der Waals surface area contributed by atoms with E-state index >= 15 is 0 Å². The van der Waals surface area contributed by atoms with Crippen LogP contribution in [0.1, 0.15) is 41.4 Å². The molecule has 16 heteroatoms. The van der Waals surface area contributed by atoms with Crippen LogP contribution >= 0.6 is 110 Å². The van der Waals surface area contributed by atoms with E-state index in [1.54, 1.807) is 0 Å². The molecule has 0 aliphatic carbocycles. The number of benzene rings is 2. The minimum atomic E-state index is -1.55. The van der Waals surface area contributed by atoms with Crippen molar-refractivity contribution in [3.63, 3.8) is 0 Å². The minimum absolute atomic E-state index is 0.0255. The van der Waals surface area contributed by atoms with E-state index in [2.05, 4.69) is 76.9 Å². The Morgan fingerprint density at radius 2 is 0.895 bits per heavy atom. The maximum Gasteiger partial charge on any atom is 0.340 e. The first-order valence-electron chi connectivity index (χ1n) is 9.39. The van der Waals surface area contributed by atoms with Crippen LogP contribution in [0.5, 0.6) is 0 Å². The zero-order valence-corrected chi connectivity index (χ0v) is 27.7. The van der Waals surface area contributed by atoms with Crippen LogP contribution in [0, 0.1) is 0 Å². The molecule has 2 aromatic rings. The van der Waals surface area contributed by atoms with Crippen molar-refractivity contribution in [2.75, 3.05) is 13.2 Å². The molecule has 0 heterocycles. The average Bonchev–Trinajstić information content (AvgIpc) is 2.86. The summed E-state index contributed by atoms with van der Waals surface area (Å²) in [5, 5.41) is 16.1. The van der Waals surface area contributed by atoms with Gasteiger partial charge >= 0.3 is 23.9 Å². The highest BCUT2D eigenvalue weighted by Crippen LogP contribution is 2.43. The molecule has 0 spiro atoms. The molecule has 38 heavy (non-hydrogen) atoms. The van der Waals surface area contributed by atoms with Gasteiger partial charge in [-0.3, -0.25) is 0 Å². The molecule has 0 aromatic heterocycles. The summed E-state index contributed by atoms with van der Waals surface area (Å²) < 4.78 is 11.9. The third kappa shape index (κ3) is 7.97. The molecule has 0 unspecified atom stereocenters. The van der Waals surface area contributed by atoms with Gasteiger partial charge in [-0.25, -0.2) is 19.2 Å². The second kappa shape index (κ2) is 15.6. The first-order chi connectivity index (χ1) is 17.6. The number of hydrogen-bond acceptors (Lipinski definition) is 6. The first-order valence-corrected chi connectivity index (χ1v) is 14.1. The van der Waals surface area contributed by atoms with Crippen LogP contribution < -0.4 is 0 Å². The Morgan fingerprint density at radius 3 is 1.13 bits per heavy atom. The molecule has 8 nitrogen and oxygen atoms in total. The van der Waals surface area contributed by atoms with Crippen molar-refractivity contribution in [1.29, 1.82) is 0 Å². The Balaban J connectivity index is 0.000000399. The van der Waals surface area contributed by atoms with Gasteiger partial charge in [0.15, 0.2) is 0 Å². The maximum atomic E-state index is 12.3. The Kier molecular flexibility index (Phi) is 14.3. The fourth-order valence-corrected chi connectivity index (χ4v) is 5.92. The van der Waals surface area contributed by atoms with Crippen molar-refractivity contribution in [1.82, 2.24) is 0 Å². The summed E-state index contributed by atoms with van der Waals surface area (Å²) >= 11 is 35.7. The summed E-state index contributed by atoms with van der Waals surface area (Å²) in [5.41, 5.74) is -1.27. The van der Waals surface area contributed by atoms with E-state index in [-0.39, 0.29) is 34.4 Å². The van der Waals surface area contributed by atoms with Crippen LogP contribution in [0.15, 0.2) is 43.2 Å². The summed E-state index contributed by atoms with van der Waals surface area (Å²) in [7, 11) is 0. The number of carboxylic acid groups (broad SMARTS) is 2. The quantitative estimate of drug-likeness (QED) is 0.117. The number of carbonyl (C=O) groups excluding carboxylic acids is 2. The molecule has 0 amide bonds. The van der Waals surface area contributed by atoms with Gasteiger partial charge in [-0.2, -0.15) is 0 Å². The van der Waals surface area contributed by atoms with Crippen molar-refractivity contribution >= 4 is 134 Å². The smallest absolute Gasteiger partial charge is 0.340 e. The first kappa shape index (κ1) is 34.9. The number of hydrogen-bond donors (Lipinski definition) is 2. The fourth-order valence-electron chi connectivity index (χ4n) is 2.46. The van der Waals surface area contributed by atoms with Crippen LogP contribution in [-0.2, 0) is 9.47 Å². The Hall–Kier alpha value is -1.12. The predicted octanol–water partition coefficient (Wildman–Crippen LogP) is 9.12. The highest BCUT2D eigenvalue weighted by molar-refractivity contribution is 9.15. The lowest BCUT2D eigenvalue weighted by Crippen LogP contribution is -2.16. The molecule has 2 aromatic carbocycles. The molecule has 2 N–H and O–H groups in total. The van der Waals surface area contributed by atoms with E-state index in [1.165, 1.54) is 12.2 Å². The Morgan fingerprint density at radius 1 is 0.605 bits per heavy atom. The van der Waals surface area contributed by atoms with Gasteiger partial charge in [-0.05, 0) is 63.7 Å². The van der Waals surface area contributed by atoms with E-state index in [0.717, 1.165) is 0 Å². The molecule has 0 atom stereocenters. The summed E-state index contributed by atoms with van der Waals surface area (Å²) in [5.74, 6) is -4.46. The molecule has 0 aliphatic rings. The van der Waals surface area contributed by atoms with Gasteiger partial charge in [0.25, 0.3) is 0 Å². The Bertz CT molecular complexity index is 1250. The third-order valence-corrected chi connectivity index (χ3v) is 10.6. The van der Waals surface area contributed by atoms with Crippen molar-refractivity contribution in [3.05, 3.63) is 85.5 Å². The molecule has 0 fully saturated rings. The topological polar surface area (TPSA) is 127 Å². The summed E-state index contributed by atoms with van der Waals surface area (Å²) in [6, 6.07) is 0. The monoisotopic (exact) mass is 860 g/mol. The van der Waals surface area contributed by atoms with Gasteiger partial charge in [0.2, 0.25) is 0 Å². The van der Waals surface area contributed by atoms with Crippen molar-refractivity contribution in [3.8, 4) is 0 Å². The largest absolute Gasteiger partial charge is 0.478 e. The Labute approximate surface area is 269 Å². The van der Waals surface area contributed by atoms with Gasteiger partial charge in [-0.15, -0.1) is 0 Å². The highest BCUT2D eigenvalue weighted by Gasteiger charge is 2.30. The molecule has 0 saturated carbocycles. The SMILES string of the molecule is C=CCOC(=O)c1c(Br)c(Br)c(Br)c(Br)c1C(=O)OCC=C.O=C(O)c1c(Cl)c(Cl)c(Cl)c(Cl)c1C(=O)O. The van der Waals surface area contributed by atoms with Crippen molar-refractivity contribution in [2.45, 2.75) is 0 Å². The van der Waals surface area contributed by atoms with E-state index in [4.69, 9.17) is 66.1 Å². The molecule has 204 valence electrons. The van der Waals surface area contributed by atoms with Crippen LogP contribution in [0.25, 0.3) is 0 Å². The molecule has 0 radical (unpaired) electrons. The van der Waals surface area contributed by atoms with Crippen LogP contribution in [-0.4, -0.2) is 47.3 Å². The highest BCUT2D eigenvalue weighted by atomic mass is 79.9. The fraction of sp³-hybridized carbons (Fsp3) is 0.0909. The van der Waals surface area contributed by atoms with Crippen LogP contribution in [0.3, 0.4) is 0 Å². The normalized spacial score (nSPS) is 10.1. The lowest BCUT2D eigenvalue weighted by atomic mass is 10.1. The van der Waals surface area contributed by atoms with Crippen LogP contribution in [0.4, 0.5) is 0 Å². The van der Waals surface area contributed by atoms with E-state index in [1.807, 2.05) is 0 Å². The van der Waals surface area contributed by atoms with E-state index in [0.29, 0.717) is 17.9 Å². The summed E-state index contributed by atoms with van der Waals surface area (Å²) in [6.07, 6.45) is 2.87. The molecule has 2 rings (SSSR count). The van der Waals surface area contributed by atoms with E-state index < -0.39 is 45.0 Å². The third-order valence-electron chi connectivity index (χ3n) is 4.03. The second-order valence-corrected chi connectivity index (χ2v) is 11.1. The number of halogens is 8. The van der Waals surface area contributed by atoms with Crippen molar-refractivity contribution < 1.29 is 38.9 Å². The standard InChI is InChI=1S/C14H10Br4O4.C8H2Cl4O4/c1-3-5-21-13(19)7-8(14(20)22-6-4-2)10(16)12(18)11(17)9(7)15;9-3-1(7(13)14)2(8(15)16)4(10)6(12)5(3)11/h3-4H,1-2,5-6H2;(H,13,14)(H,15,16). The molecule has 0 saturated heterocycles. The zero-order valence-electron chi connectivity index (χ0n) is 18.4. The second-order valence-electron chi connectivity index (χ2n) is 6.40. The number of rotatable bonds is 8. The molecular formula is C22H12Br4Cl4O8. The number of carboxylic acids is 2. The number of esters is 2. The molecular weight excluding hydrogens is 854 g/mol. The average molecular weight is 866 g/mol. The summed E-state index contributed by atoms with van der Waals surface area (Å²) in [4.78, 5) is 46.2. The number of ether oxygens (including phenoxy) is 2. The molecule has 0 bridgehead atoms. The van der Waals surface area contributed by atoms with Gasteiger partial charge in [-0.1, -0.05) is 71.7 Å².